The van der Waals surface area contributed by atoms with Gasteiger partial charge in [-0.05, 0) is 6.92 Å². The molecule has 0 radical (unpaired) electrons. The van der Waals surface area contributed by atoms with Crippen LogP contribution in [0.15, 0.2) is 12.9 Å². The Morgan fingerprint density at radius 2 is 2.46 bits per heavy atom. The number of nitrogens with zero attached hydrogens (tertiary/aromatic N) is 3. The molecular formula is C7H9F2N3O. The van der Waals surface area contributed by atoms with E-state index in [4.69, 9.17) is 4.74 Å². The average Bonchev–Trinajstić information content (AvgIpc) is 2.52. The van der Waals surface area contributed by atoms with E-state index >= 15 is 0 Å². The minimum atomic E-state index is -2.73. The third-order valence-corrected chi connectivity index (χ3v) is 1.33. The van der Waals surface area contributed by atoms with Crippen molar-refractivity contribution < 1.29 is 13.5 Å². The molecule has 1 rings (SSSR count). The molecule has 4 nitrogen and oxygen atoms in total. The summed E-state index contributed by atoms with van der Waals surface area (Å²) in [6.07, 6.45) is 1.03. The van der Waals surface area contributed by atoms with Crippen LogP contribution in [0.5, 0.6) is 0 Å². The molecule has 72 valence electrons. The van der Waals surface area contributed by atoms with Crippen LogP contribution >= 0.6 is 0 Å². The van der Waals surface area contributed by atoms with Gasteiger partial charge in [0.1, 0.15) is 6.33 Å². The first-order valence-electron chi connectivity index (χ1n) is 3.66. The summed E-state index contributed by atoms with van der Waals surface area (Å²) in [5.41, 5.74) is 0. The number of ether oxygens (including phenoxy) is 1. The van der Waals surface area contributed by atoms with Crippen LogP contribution in [0, 0.1) is 0 Å². The SMILES string of the molecule is C=C(OCC)c1ncnn1C(F)F. The Kier molecular flexibility index (Phi) is 2.94. The molecule has 0 spiro atoms. The minimum absolute atomic E-state index is 0.0446. The second-order valence-electron chi connectivity index (χ2n) is 2.16. The van der Waals surface area contributed by atoms with Gasteiger partial charge in [-0.15, -0.1) is 0 Å². The van der Waals surface area contributed by atoms with Gasteiger partial charge in [-0.3, -0.25) is 0 Å². The normalized spacial score (nSPS) is 10.5. The van der Waals surface area contributed by atoms with Crippen molar-refractivity contribution in [1.29, 1.82) is 0 Å². The summed E-state index contributed by atoms with van der Waals surface area (Å²) in [6.45, 7) is 2.81. The van der Waals surface area contributed by atoms with Gasteiger partial charge in [-0.2, -0.15) is 18.6 Å². The molecule has 13 heavy (non-hydrogen) atoms. The van der Waals surface area contributed by atoms with Gasteiger partial charge >= 0.3 is 6.55 Å². The third kappa shape index (κ3) is 2.01. The predicted molar refractivity (Wildman–Crippen MR) is 41.9 cm³/mol. The van der Waals surface area contributed by atoms with Crippen LogP contribution in [0.2, 0.25) is 0 Å². The standard InChI is InChI=1S/C7H9F2N3O/c1-3-13-5(2)6-10-4-11-12(6)7(8)9/h4,7H,2-3H2,1H3. The highest BCUT2D eigenvalue weighted by Crippen LogP contribution is 2.16. The Labute approximate surface area is 73.8 Å². The fourth-order valence-electron chi connectivity index (χ4n) is 0.831. The smallest absolute Gasteiger partial charge is 0.335 e. The van der Waals surface area contributed by atoms with E-state index in [1.54, 1.807) is 6.92 Å². The van der Waals surface area contributed by atoms with E-state index in [9.17, 15) is 8.78 Å². The fraction of sp³-hybridized carbons (Fsp3) is 0.429. The predicted octanol–water partition coefficient (Wildman–Crippen LogP) is 1.68. The van der Waals surface area contributed by atoms with E-state index in [1.165, 1.54) is 0 Å². The summed E-state index contributed by atoms with van der Waals surface area (Å²) >= 11 is 0. The van der Waals surface area contributed by atoms with Crippen LogP contribution in [0.1, 0.15) is 19.3 Å². The molecular weight excluding hydrogens is 180 g/mol. The van der Waals surface area contributed by atoms with Crippen LogP contribution in [-0.2, 0) is 4.74 Å². The molecule has 0 saturated carbocycles. The number of rotatable bonds is 4. The molecule has 0 aromatic carbocycles. The molecule has 0 aliphatic heterocycles. The Bertz CT molecular complexity index is 298. The molecule has 1 aromatic rings. The Balaban J connectivity index is 2.87. The van der Waals surface area contributed by atoms with Gasteiger partial charge in [0.2, 0.25) is 0 Å². The maximum absolute atomic E-state index is 12.2. The lowest BCUT2D eigenvalue weighted by molar-refractivity contribution is 0.0539. The molecule has 0 atom stereocenters. The molecule has 1 heterocycles. The first kappa shape index (κ1) is 9.63. The van der Waals surface area contributed by atoms with Crippen LogP contribution in [0.25, 0.3) is 5.76 Å². The van der Waals surface area contributed by atoms with Crippen molar-refractivity contribution in [3.8, 4) is 0 Å². The maximum Gasteiger partial charge on any atom is 0.335 e. The highest BCUT2D eigenvalue weighted by molar-refractivity contribution is 5.49. The van der Waals surface area contributed by atoms with Gasteiger partial charge in [-0.25, -0.2) is 4.98 Å². The summed E-state index contributed by atoms with van der Waals surface area (Å²) in [4.78, 5) is 3.60. The zero-order valence-corrected chi connectivity index (χ0v) is 7.07. The Morgan fingerprint density at radius 1 is 1.77 bits per heavy atom. The first-order valence-corrected chi connectivity index (χ1v) is 3.66. The van der Waals surface area contributed by atoms with Crippen LogP contribution in [0.3, 0.4) is 0 Å². The minimum Gasteiger partial charge on any atom is -0.491 e. The number of hydrogen-bond acceptors (Lipinski definition) is 3. The van der Waals surface area contributed by atoms with Crippen molar-refractivity contribution in [3.63, 3.8) is 0 Å². The van der Waals surface area contributed by atoms with E-state index < -0.39 is 6.55 Å². The Morgan fingerprint density at radius 3 is 3.00 bits per heavy atom. The molecule has 0 N–H and O–H groups in total. The highest BCUT2D eigenvalue weighted by atomic mass is 19.3. The van der Waals surface area contributed by atoms with Gasteiger partial charge in [-0.1, -0.05) is 6.58 Å². The van der Waals surface area contributed by atoms with Crippen LogP contribution in [0.4, 0.5) is 8.78 Å². The largest absolute Gasteiger partial charge is 0.491 e. The fourth-order valence-corrected chi connectivity index (χ4v) is 0.831. The zero-order chi connectivity index (χ0) is 9.84. The van der Waals surface area contributed by atoms with Crippen molar-refractivity contribution in [3.05, 3.63) is 18.7 Å². The summed E-state index contributed by atoms with van der Waals surface area (Å²) in [7, 11) is 0. The van der Waals surface area contributed by atoms with Crippen molar-refractivity contribution >= 4 is 5.76 Å². The van der Waals surface area contributed by atoms with Crippen molar-refractivity contribution in [2.75, 3.05) is 6.61 Å². The lowest BCUT2D eigenvalue weighted by atomic mass is 10.5. The average molecular weight is 189 g/mol. The lowest BCUT2D eigenvalue weighted by Crippen LogP contribution is -2.06. The molecule has 0 fully saturated rings. The number of aromatic nitrogens is 3. The topological polar surface area (TPSA) is 39.9 Å². The van der Waals surface area contributed by atoms with E-state index in [0.717, 1.165) is 6.33 Å². The van der Waals surface area contributed by atoms with Gasteiger partial charge in [0.15, 0.2) is 11.6 Å². The van der Waals surface area contributed by atoms with Crippen molar-refractivity contribution in [2.24, 2.45) is 0 Å². The molecule has 0 aliphatic rings. The van der Waals surface area contributed by atoms with E-state index in [-0.39, 0.29) is 11.6 Å². The second kappa shape index (κ2) is 3.97. The van der Waals surface area contributed by atoms with E-state index in [2.05, 4.69) is 16.7 Å². The van der Waals surface area contributed by atoms with Crippen molar-refractivity contribution in [2.45, 2.75) is 13.5 Å². The van der Waals surface area contributed by atoms with Gasteiger partial charge < -0.3 is 4.74 Å². The van der Waals surface area contributed by atoms with Gasteiger partial charge in [0.05, 0.1) is 6.61 Å². The third-order valence-electron chi connectivity index (χ3n) is 1.33. The zero-order valence-electron chi connectivity index (χ0n) is 7.07. The molecule has 1 aromatic heterocycles. The quantitative estimate of drug-likeness (QED) is 0.676. The number of alkyl halides is 2. The summed E-state index contributed by atoms with van der Waals surface area (Å²) in [5.74, 6) is 0.0529. The summed E-state index contributed by atoms with van der Waals surface area (Å²) < 4.78 is 29.8. The molecule has 0 amide bonds. The van der Waals surface area contributed by atoms with Gasteiger partial charge in [0.25, 0.3) is 0 Å². The maximum atomic E-state index is 12.2. The second-order valence-corrected chi connectivity index (χ2v) is 2.16. The lowest BCUT2D eigenvalue weighted by Gasteiger charge is -2.06. The van der Waals surface area contributed by atoms with Gasteiger partial charge in [0, 0.05) is 0 Å². The van der Waals surface area contributed by atoms with Crippen molar-refractivity contribution in [1.82, 2.24) is 14.8 Å². The first-order chi connectivity index (χ1) is 6.16. The highest BCUT2D eigenvalue weighted by Gasteiger charge is 2.15. The molecule has 0 bridgehead atoms. The van der Waals surface area contributed by atoms with Crippen LogP contribution in [-0.4, -0.2) is 21.4 Å². The number of hydrogen-bond donors (Lipinski definition) is 0. The van der Waals surface area contributed by atoms with E-state index in [1.807, 2.05) is 0 Å². The van der Waals surface area contributed by atoms with Crippen LogP contribution < -0.4 is 0 Å². The Hall–Kier alpha value is -1.46. The molecule has 6 heteroatoms. The molecule has 0 aliphatic carbocycles. The molecule has 0 saturated heterocycles. The number of halogens is 2. The van der Waals surface area contributed by atoms with E-state index in [0.29, 0.717) is 11.3 Å². The molecule has 0 unspecified atom stereocenters. The monoisotopic (exact) mass is 189 g/mol. The summed E-state index contributed by atoms with van der Waals surface area (Å²) in [5, 5.41) is 3.33. The summed E-state index contributed by atoms with van der Waals surface area (Å²) in [6, 6.07) is 0.